The number of aliphatic imine (C=N–C) groups is 1. The van der Waals surface area contributed by atoms with Crippen molar-refractivity contribution in [2.45, 2.75) is 33.0 Å². The third-order valence-electron chi connectivity index (χ3n) is 3.33. The zero-order chi connectivity index (χ0) is 18.1. The minimum atomic E-state index is -0.195. The molecule has 25 heavy (non-hydrogen) atoms. The largest absolute Gasteiger partial charge is 0.352 e. The second-order valence-electron chi connectivity index (χ2n) is 5.81. The number of nitrogens with one attached hydrogen (secondary N) is 4. The van der Waals surface area contributed by atoms with Gasteiger partial charge < -0.3 is 21.3 Å². The van der Waals surface area contributed by atoms with E-state index in [0.717, 1.165) is 23.8 Å². The van der Waals surface area contributed by atoms with Crippen molar-refractivity contribution in [1.82, 2.24) is 16.0 Å². The lowest BCUT2D eigenvalue weighted by molar-refractivity contribution is 0.250. The molecular weight excluding hydrogens is 334 g/mol. The predicted molar refractivity (Wildman–Crippen MR) is 105 cm³/mol. The molecule has 0 aliphatic heterocycles. The molecule has 2 amide bonds. The van der Waals surface area contributed by atoms with Crippen LogP contribution in [0, 0.1) is 0 Å². The van der Waals surface area contributed by atoms with Crippen LogP contribution in [0.25, 0.3) is 0 Å². The summed E-state index contributed by atoms with van der Waals surface area (Å²) < 4.78 is 0. The number of anilines is 1. The third-order valence-corrected chi connectivity index (χ3v) is 4.20. The Morgan fingerprint density at radius 1 is 1.12 bits per heavy atom. The highest BCUT2D eigenvalue weighted by Gasteiger charge is 2.04. The second-order valence-corrected chi connectivity index (χ2v) is 6.84. The fourth-order valence-electron chi connectivity index (χ4n) is 2.13. The van der Waals surface area contributed by atoms with Crippen molar-refractivity contribution < 1.29 is 4.79 Å². The van der Waals surface area contributed by atoms with Crippen molar-refractivity contribution in [3.63, 3.8) is 0 Å². The van der Waals surface area contributed by atoms with E-state index in [4.69, 9.17) is 0 Å². The Morgan fingerprint density at radius 3 is 2.44 bits per heavy atom. The average Bonchev–Trinajstić information content (AvgIpc) is 3.09. The highest BCUT2D eigenvalue weighted by atomic mass is 32.1. The van der Waals surface area contributed by atoms with Crippen molar-refractivity contribution >= 4 is 29.0 Å². The molecule has 0 atom stereocenters. The van der Waals surface area contributed by atoms with E-state index in [9.17, 15) is 4.79 Å². The van der Waals surface area contributed by atoms with Gasteiger partial charge >= 0.3 is 6.03 Å². The minimum absolute atomic E-state index is 0.108. The Kier molecular flexibility index (Phi) is 7.28. The van der Waals surface area contributed by atoms with Gasteiger partial charge in [-0.05, 0) is 43.0 Å². The van der Waals surface area contributed by atoms with Gasteiger partial charge in [0.1, 0.15) is 0 Å². The number of urea groups is 1. The Hall–Kier alpha value is -2.54. The zero-order valence-electron chi connectivity index (χ0n) is 14.8. The number of amides is 2. The molecule has 1 aromatic carbocycles. The van der Waals surface area contributed by atoms with E-state index in [1.165, 1.54) is 4.88 Å². The van der Waals surface area contributed by atoms with Crippen LogP contribution in [-0.2, 0) is 13.1 Å². The average molecular weight is 359 g/mol. The number of nitrogens with zero attached hydrogens (tertiary/aromatic N) is 1. The first-order valence-electron chi connectivity index (χ1n) is 8.20. The van der Waals surface area contributed by atoms with Gasteiger partial charge in [-0.1, -0.05) is 18.2 Å². The van der Waals surface area contributed by atoms with Crippen LogP contribution in [-0.4, -0.2) is 25.1 Å². The molecule has 2 rings (SSSR count). The summed E-state index contributed by atoms with van der Waals surface area (Å²) in [4.78, 5) is 17.2. The molecule has 4 N–H and O–H groups in total. The molecule has 2 aromatic rings. The summed E-state index contributed by atoms with van der Waals surface area (Å²) in [6, 6.07) is 11.8. The van der Waals surface area contributed by atoms with Crippen LogP contribution < -0.4 is 21.3 Å². The molecule has 0 bridgehead atoms. The lowest BCUT2D eigenvalue weighted by Crippen LogP contribution is -2.36. The van der Waals surface area contributed by atoms with Crippen molar-refractivity contribution in [1.29, 1.82) is 0 Å². The van der Waals surface area contributed by atoms with Gasteiger partial charge in [-0.15, -0.1) is 11.3 Å². The molecule has 1 heterocycles. The Balaban J connectivity index is 1.78. The highest BCUT2D eigenvalue weighted by molar-refractivity contribution is 7.09. The number of carbonyl (C=O) groups excluding carboxylic acids is 1. The van der Waals surface area contributed by atoms with Crippen LogP contribution in [0.1, 0.15) is 24.3 Å². The summed E-state index contributed by atoms with van der Waals surface area (Å²) in [5.41, 5.74) is 1.87. The molecule has 0 unspecified atom stereocenters. The number of benzene rings is 1. The van der Waals surface area contributed by atoms with Crippen molar-refractivity contribution in [3.05, 3.63) is 52.2 Å². The molecule has 1 aromatic heterocycles. The molecule has 0 fully saturated rings. The molecule has 0 saturated heterocycles. The standard InChI is InChI=1S/C18H25N5OS/c1-13(2)22-18(24)23-15-8-6-14(7-9-15)11-20-17(19-3)21-12-16-5-4-10-25-16/h4-10,13H,11-12H2,1-3H3,(H2,19,20,21)(H2,22,23,24). The van der Waals surface area contributed by atoms with Gasteiger partial charge in [0.05, 0.1) is 6.54 Å². The number of rotatable bonds is 6. The Morgan fingerprint density at radius 2 is 1.84 bits per heavy atom. The quantitative estimate of drug-likeness (QED) is 0.473. The van der Waals surface area contributed by atoms with Crippen LogP contribution in [0.15, 0.2) is 46.8 Å². The first-order valence-corrected chi connectivity index (χ1v) is 9.08. The van der Waals surface area contributed by atoms with Crippen molar-refractivity contribution in [2.24, 2.45) is 4.99 Å². The highest BCUT2D eigenvalue weighted by Crippen LogP contribution is 2.10. The van der Waals surface area contributed by atoms with E-state index in [2.05, 4.69) is 37.7 Å². The second kappa shape index (κ2) is 9.68. The van der Waals surface area contributed by atoms with E-state index < -0.39 is 0 Å². The van der Waals surface area contributed by atoms with E-state index in [1.807, 2.05) is 44.2 Å². The molecule has 134 valence electrons. The summed E-state index contributed by atoms with van der Waals surface area (Å²) in [6.45, 7) is 5.26. The topological polar surface area (TPSA) is 77.5 Å². The number of hydrogen-bond donors (Lipinski definition) is 4. The summed E-state index contributed by atoms with van der Waals surface area (Å²) in [7, 11) is 1.75. The molecule has 0 radical (unpaired) electrons. The summed E-state index contributed by atoms with van der Waals surface area (Å²) in [6.07, 6.45) is 0. The van der Waals surface area contributed by atoms with Crippen LogP contribution in [0.3, 0.4) is 0 Å². The lowest BCUT2D eigenvalue weighted by Gasteiger charge is -2.12. The smallest absolute Gasteiger partial charge is 0.319 e. The molecular formula is C18H25N5OS. The van der Waals surface area contributed by atoms with Gasteiger partial charge in [0.15, 0.2) is 5.96 Å². The van der Waals surface area contributed by atoms with Gasteiger partial charge in [-0.25, -0.2) is 4.79 Å². The number of thiophene rings is 1. The maximum Gasteiger partial charge on any atom is 0.319 e. The maximum atomic E-state index is 11.7. The normalized spacial score (nSPS) is 11.3. The van der Waals surface area contributed by atoms with Crippen LogP contribution in [0.5, 0.6) is 0 Å². The van der Waals surface area contributed by atoms with E-state index in [-0.39, 0.29) is 12.1 Å². The summed E-state index contributed by atoms with van der Waals surface area (Å²) in [5.74, 6) is 0.756. The first-order chi connectivity index (χ1) is 12.1. The van der Waals surface area contributed by atoms with Gasteiger partial charge in [0.25, 0.3) is 0 Å². The fourth-order valence-corrected chi connectivity index (χ4v) is 2.77. The zero-order valence-corrected chi connectivity index (χ0v) is 15.6. The van der Waals surface area contributed by atoms with Gasteiger partial charge in [0.2, 0.25) is 0 Å². The molecule has 0 aliphatic rings. The van der Waals surface area contributed by atoms with Crippen LogP contribution in [0.4, 0.5) is 10.5 Å². The lowest BCUT2D eigenvalue weighted by atomic mass is 10.2. The SMILES string of the molecule is CN=C(NCc1ccc(NC(=O)NC(C)C)cc1)NCc1cccs1. The van der Waals surface area contributed by atoms with Crippen LogP contribution in [0.2, 0.25) is 0 Å². The Bertz CT molecular complexity index is 680. The molecule has 0 aliphatic carbocycles. The van der Waals surface area contributed by atoms with Crippen molar-refractivity contribution in [3.8, 4) is 0 Å². The summed E-state index contributed by atoms with van der Waals surface area (Å²) >= 11 is 1.71. The molecule has 0 saturated carbocycles. The van der Waals surface area contributed by atoms with E-state index in [0.29, 0.717) is 6.54 Å². The first kappa shape index (κ1) is 18.8. The number of carbonyl (C=O) groups is 1. The fraction of sp³-hybridized carbons (Fsp3) is 0.333. The number of hydrogen-bond acceptors (Lipinski definition) is 3. The maximum absolute atomic E-state index is 11.7. The molecule has 7 heteroatoms. The van der Waals surface area contributed by atoms with E-state index >= 15 is 0 Å². The van der Waals surface area contributed by atoms with Gasteiger partial charge in [-0.2, -0.15) is 0 Å². The third kappa shape index (κ3) is 6.84. The van der Waals surface area contributed by atoms with Crippen molar-refractivity contribution in [2.75, 3.05) is 12.4 Å². The molecule has 6 nitrogen and oxygen atoms in total. The van der Waals surface area contributed by atoms with E-state index in [1.54, 1.807) is 18.4 Å². The summed E-state index contributed by atoms with van der Waals surface area (Å²) in [5, 5.41) is 14.2. The van der Waals surface area contributed by atoms with Gasteiger partial charge in [-0.3, -0.25) is 4.99 Å². The Labute approximate surface area is 152 Å². The van der Waals surface area contributed by atoms with Crippen LogP contribution >= 0.6 is 11.3 Å². The minimum Gasteiger partial charge on any atom is -0.352 e. The van der Waals surface area contributed by atoms with Gasteiger partial charge in [0, 0.05) is 30.2 Å². The number of guanidine groups is 1. The predicted octanol–water partition coefficient (Wildman–Crippen LogP) is 3.14. The molecule has 0 spiro atoms. The monoisotopic (exact) mass is 359 g/mol.